The fourth-order valence-electron chi connectivity index (χ4n) is 1.23. The van der Waals surface area contributed by atoms with Crippen LogP contribution in [0.3, 0.4) is 0 Å². The van der Waals surface area contributed by atoms with Gasteiger partial charge in [0.2, 0.25) is 0 Å². The van der Waals surface area contributed by atoms with Crippen LogP contribution < -0.4 is 4.40 Å². The van der Waals surface area contributed by atoms with Crippen LogP contribution >= 0.6 is 0 Å². The van der Waals surface area contributed by atoms with E-state index in [0.29, 0.717) is 0 Å². The fraction of sp³-hybridized carbons (Fsp3) is 0.706. The molecular weight excluding hydrogens is 467 g/mol. The Morgan fingerprint density at radius 2 is 0.880 bits per heavy atom. The summed E-state index contributed by atoms with van der Waals surface area (Å²) >= 11 is -5.94. The van der Waals surface area contributed by atoms with E-state index in [0.717, 1.165) is 51.4 Å². The second kappa shape index (κ2) is 26.7. The van der Waals surface area contributed by atoms with Crippen LogP contribution in [0.15, 0.2) is 24.3 Å². The van der Waals surface area contributed by atoms with Crippen molar-refractivity contribution >= 4 is 19.1 Å². The fourth-order valence-corrected chi connectivity index (χ4v) is 2.43. The van der Waals surface area contributed by atoms with E-state index < -0.39 is 19.1 Å². The molecule has 1 rings (SSSR count). The Morgan fingerprint density at radius 1 is 0.640 bits per heavy atom. The van der Waals surface area contributed by atoms with Gasteiger partial charge in [-0.25, -0.2) is 0 Å². The molecule has 0 aliphatic carbocycles. The van der Waals surface area contributed by atoms with Gasteiger partial charge in [0.05, 0.1) is 0 Å². The molecule has 0 unspecified atom stereocenters. The molecule has 8 heteroatoms. The number of hydrogen-bond donors (Lipinski definition) is 0. The first-order valence-electron chi connectivity index (χ1n) is 8.53. The summed E-state index contributed by atoms with van der Waals surface area (Å²) in [5, 5.41) is 11.9. The predicted octanol–water partition coefficient (Wildman–Crippen LogP) is 5.66. The molecule has 3 nitrogen and oxygen atoms in total. The van der Waals surface area contributed by atoms with Crippen molar-refractivity contribution < 1.29 is 36.7 Å². The quantitative estimate of drug-likeness (QED) is 0.342. The predicted molar refractivity (Wildman–Crippen MR) is 104 cm³/mol. The molecular formula is C17H34F3GeN3Zr. The molecule has 0 heterocycles. The van der Waals surface area contributed by atoms with Crippen LogP contribution in [0.1, 0.15) is 41.5 Å². The van der Waals surface area contributed by atoms with Crippen molar-refractivity contribution in [1.29, 1.82) is 0 Å². The first-order valence-corrected chi connectivity index (χ1v) is 12.0. The maximum absolute atomic E-state index is 11.8. The van der Waals surface area contributed by atoms with Gasteiger partial charge in [0.25, 0.3) is 0 Å². The van der Waals surface area contributed by atoms with Crippen molar-refractivity contribution in [2.45, 2.75) is 41.5 Å². The number of halogens is 3. The standard InChI is InChI=1S/C5H4F3Ge.3C4H10N.Zr/c6-9(7,8)5-3-1-2-4-5;3*1-3-5-4-2;/h1-4H;3*3-4H2,1-2H3;/q4*-1;+4. The van der Waals surface area contributed by atoms with Crippen LogP contribution in [-0.4, -0.2) is 53.9 Å². The molecule has 0 saturated carbocycles. The van der Waals surface area contributed by atoms with E-state index in [1.165, 1.54) is 12.1 Å². The summed E-state index contributed by atoms with van der Waals surface area (Å²) in [5.74, 6) is 0. The van der Waals surface area contributed by atoms with Crippen molar-refractivity contribution in [2.24, 2.45) is 0 Å². The first kappa shape index (κ1) is 33.1. The van der Waals surface area contributed by atoms with Crippen molar-refractivity contribution in [3.63, 3.8) is 0 Å². The number of hydrogen-bond acceptors (Lipinski definition) is 0. The molecule has 1 aromatic carbocycles. The minimum absolute atomic E-state index is 0. The number of rotatable bonds is 7. The average Bonchev–Trinajstić information content (AvgIpc) is 3.06. The van der Waals surface area contributed by atoms with Gasteiger partial charge in [-0.3, -0.25) is 0 Å². The number of nitrogens with zero attached hydrogens (tertiary/aromatic N) is 3. The zero-order valence-electron chi connectivity index (χ0n) is 16.5. The van der Waals surface area contributed by atoms with E-state index in [2.05, 4.69) is 16.0 Å². The summed E-state index contributed by atoms with van der Waals surface area (Å²) < 4.78 is 35.0. The Hall–Kier alpha value is 0.446. The van der Waals surface area contributed by atoms with Crippen LogP contribution in [0, 0.1) is 0 Å². The molecule has 0 atom stereocenters. The van der Waals surface area contributed by atoms with Gasteiger partial charge in [0, 0.05) is 0 Å². The first-order chi connectivity index (χ1) is 11.3. The monoisotopic (exact) mass is 501 g/mol. The van der Waals surface area contributed by atoms with E-state index in [4.69, 9.17) is 0 Å². The summed E-state index contributed by atoms with van der Waals surface area (Å²) in [6.45, 7) is 18.1. The molecule has 0 fully saturated rings. The molecule has 0 bridgehead atoms. The van der Waals surface area contributed by atoms with E-state index >= 15 is 0 Å². The Labute approximate surface area is 176 Å². The molecule has 0 saturated heterocycles. The molecule has 0 aliphatic rings. The Bertz CT molecular complexity index is 290. The minimum Gasteiger partial charge on any atom is 4.00 e. The molecule has 0 spiro atoms. The van der Waals surface area contributed by atoms with Gasteiger partial charge >= 0.3 is 80.0 Å². The van der Waals surface area contributed by atoms with E-state index in [1.54, 1.807) is 0 Å². The molecule has 25 heavy (non-hydrogen) atoms. The third-order valence-electron chi connectivity index (χ3n) is 2.33. The molecule has 0 radical (unpaired) electrons. The van der Waals surface area contributed by atoms with Gasteiger partial charge < -0.3 is 16.0 Å². The van der Waals surface area contributed by atoms with Gasteiger partial charge in [0.1, 0.15) is 0 Å². The van der Waals surface area contributed by atoms with Crippen molar-refractivity contribution in [3.05, 3.63) is 40.2 Å². The zero-order chi connectivity index (χ0) is 19.3. The van der Waals surface area contributed by atoms with E-state index in [1.807, 2.05) is 41.5 Å². The Balaban J connectivity index is -0.000000122. The van der Waals surface area contributed by atoms with Crippen LogP contribution in [0.2, 0.25) is 0 Å². The van der Waals surface area contributed by atoms with Gasteiger partial charge in [-0.1, -0.05) is 41.5 Å². The molecule has 0 aromatic heterocycles. The van der Waals surface area contributed by atoms with Crippen LogP contribution in [0.5, 0.6) is 0 Å². The second-order valence-electron chi connectivity index (χ2n) is 4.24. The SMILES string of the molecule is CC[N-]CC.CC[N-]CC.CC[N-]CC.[F][Ge]([F])([F])[c-]1cccc1.[Zr+4]. The van der Waals surface area contributed by atoms with Crippen LogP contribution in [0.25, 0.3) is 16.0 Å². The molecule has 1 aromatic rings. The van der Waals surface area contributed by atoms with Crippen molar-refractivity contribution in [3.8, 4) is 0 Å². The molecule has 0 aliphatic heterocycles. The van der Waals surface area contributed by atoms with E-state index in [9.17, 15) is 10.5 Å². The van der Waals surface area contributed by atoms with Crippen molar-refractivity contribution in [1.82, 2.24) is 0 Å². The van der Waals surface area contributed by atoms with Gasteiger partial charge in [-0.2, -0.15) is 39.3 Å². The second-order valence-corrected chi connectivity index (χ2v) is 7.54. The topological polar surface area (TPSA) is 42.3 Å². The summed E-state index contributed by atoms with van der Waals surface area (Å²) in [6, 6.07) is 5.07. The third-order valence-corrected chi connectivity index (χ3v) is 4.40. The summed E-state index contributed by atoms with van der Waals surface area (Å²) in [6.07, 6.45) is 0. The van der Waals surface area contributed by atoms with Gasteiger partial charge in [-0.05, 0) is 0 Å². The Kier molecular flexibility index (Phi) is 35.3. The normalized spacial score (nSPS) is 9.32. The van der Waals surface area contributed by atoms with Gasteiger partial charge in [0.15, 0.2) is 0 Å². The van der Waals surface area contributed by atoms with Crippen LogP contribution in [-0.2, 0) is 26.2 Å². The van der Waals surface area contributed by atoms with Gasteiger partial charge in [-0.15, -0.1) is 0 Å². The summed E-state index contributed by atoms with van der Waals surface area (Å²) in [7, 11) is 0. The minimum atomic E-state index is -5.94. The third kappa shape index (κ3) is 32.6. The molecule has 146 valence electrons. The van der Waals surface area contributed by atoms with E-state index in [-0.39, 0.29) is 26.2 Å². The summed E-state index contributed by atoms with van der Waals surface area (Å²) in [5.41, 5.74) is 0. The maximum atomic E-state index is 11.8. The molecule has 0 amide bonds. The largest absolute Gasteiger partial charge is 4.00 e. The van der Waals surface area contributed by atoms with Crippen molar-refractivity contribution in [2.75, 3.05) is 39.3 Å². The zero-order valence-corrected chi connectivity index (χ0v) is 21.1. The molecule has 0 N–H and O–H groups in total. The Morgan fingerprint density at radius 3 is 0.960 bits per heavy atom. The smallest absolute Gasteiger partial charge is 4.00 e. The van der Waals surface area contributed by atoms with Crippen LogP contribution in [0.4, 0.5) is 10.5 Å². The summed E-state index contributed by atoms with van der Waals surface area (Å²) in [4.78, 5) is 0. The maximum Gasteiger partial charge on any atom is 4.00 e. The average molecular weight is 501 g/mol.